The number of aryl methyl sites for hydroxylation is 4. The van der Waals surface area contributed by atoms with Crippen LogP contribution in [0.4, 0.5) is 5.69 Å². The zero-order chi connectivity index (χ0) is 22.5. The Morgan fingerprint density at radius 2 is 1.90 bits per heavy atom. The molecule has 0 aliphatic heterocycles. The van der Waals surface area contributed by atoms with E-state index in [4.69, 9.17) is 16.6 Å². The minimum Gasteiger partial charge on any atom is -0.326 e. The van der Waals surface area contributed by atoms with Crippen molar-refractivity contribution >= 4 is 29.2 Å². The second-order valence-corrected chi connectivity index (χ2v) is 7.97. The predicted molar refractivity (Wildman–Crippen MR) is 127 cm³/mol. The SMILES string of the molecule is CCn1nc(C)c(CN=C(NC(=O)c2cccc(C)c2)Nc2cc(Cl)ccc2C)c1C. The Hall–Kier alpha value is -3.12. The fourth-order valence-corrected chi connectivity index (χ4v) is 3.53. The molecule has 0 unspecified atom stereocenters. The van der Waals surface area contributed by atoms with Crippen molar-refractivity contribution in [2.24, 2.45) is 4.99 Å². The maximum absolute atomic E-state index is 12.9. The largest absolute Gasteiger partial charge is 0.326 e. The van der Waals surface area contributed by atoms with E-state index in [1.807, 2.05) is 68.8 Å². The molecule has 1 amide bonds. The minimum atomic E-state index is -0.229. The Balaban J connectivity index is 1.91. The molecule has 0 radical (unpaired) electrons. The number of benzene rings is 2. The van der Waals surface area contributed by atoms with E-state index in [2.05, 4.69) is 22.7 Å². The van der Waals surface area contributed by atoms with Crippen molar-refractivity contribution in [1.82, 2.24) is 15.1 Å². The van der Waals surface area contributed by atoms with Gasteiger partial charge in [0.15, 0.2) is 0 Å². The number of anilines is 1. The Bertz CT molecular complexity index is 1130. The Morgan fingerprint density at radius 3 is 2.58 bits per heavy atom. The highest BCUT2D eigenvalue weighted by Gasteiger charge is 2.14. The number of amides is 1. The molecule has 0 atom stereocenters. The number of rotatable bonds is 5. The van der Waals surface area contributed by atoms with Gasteiger partial charge in [0, 0.05) is 34.1 Å². The van der Waals surface area contributed by atoms with Crippen molar-refractivity contribution in [3.63, 3.8) is 0 Å². The average molecular weight is 438 g/mol. The van der Waals surface area contributed by atoms with E-state index in [0.29, 0.717) is 23.1 Å². The highest BCUT2D eigenvalue weighted by Crippen LogP contribution is 2.20. The molecule has 0 spiro atoms. The van der Waals surface area contributed by atoms with Gasteiger partial charge in [0.1, 0.15) is 0 Å². The van der Waals surface area contributed by atoms with Gasteiger partial charge in [0.2, 0.25) is 5.96 Å². The molecular weight excluding hydrogens is 410 g/mol. The van der Waals surface area contributed by atoms with Crippen LogP contribution in [-0.2, 0) is 13.1 Å². The van der Waals surface area contributed by atoms with Gasteiger partial charge in [-0.25, -0.2) is 4.99 Å². The Morgan fingerprint density at radius 1 is 1.13 bits per heavy atom. The number of nitrogens with one attached hydrogen (secondary N) is 2. The van der Waals surface area contributed by atoms with Gasteiger partial charge in [-0.15, -0.1) is 0 Å². The summed E-state index contributed by atoms with van der Waals surface area (Å²) in [6.07, 6.45) is 0. The number of hydrogen-bond acceptors (Lipinski definition) is 3. The first-order valence-corrected chi connectivity index (χ1v) is 10.6. The number of nitrogens with zero attached hydrogens (tertiary/aromatic N) is 3. The van der Waals surface area contributed by atoms with Crippen molar-refractivity contribution in [3.05, 3.63) is 81.1 Å². The molecular formula is C24H28ClN5O. The van der Waals surface area contributed by atoms with Crippen molar-refractivity contribution in [1.29, 1.82) is 0 Å². The van der Waals surface area contributed by atoms with Crippen LogP contribution in [0, 0.1) is 27.7 Å². The average Bonchev–Trinajstić information content (AvgIpc) is 3.01. The Kier molecular flexibility index (Phi) is 7.13. The van der Waals surface area contributed by atoms with Crippen LogP contribution >= 0.6 is 11.6 Å². The third-order valence-electron chi connectivity index (χ3n) is 5.19. The second-order valence-electron chi connectivity index (χ2n) is 7.54. The van der Waals surface area contributed by atoms with Gasteiger partial charge in [0.05, 0.1) is 12.2 Å². The van der Waals surface area contributed by atoms with Gasteiger partial charge in [-0.05, 0) is 64.4 Å². The van der Waals surface area contributed by atoms with Crippen LogP contribution in [0.25, 0.3) is 0 Å². The molecule has 0 fully saturated rings. The lowest BCUT2D eigenvalue weighted by Crippen LogP contribution is -2.36. The van der Waals surface area contributed by atoms with Gasteiger partial charge >= 0.3 is 0 Å². The summed E-state index contributed by atoms with van der Waals surface area (Å²) in [4.78, 5) is 17.6. The summed E-state index contributed by atoms with van der Waals surface area (Å²) in [5.74, 6) is 0.132. The monoisotopic (exact) mass is 437 g/mol. The van der Waals surface area contributed by atoms with Crippen LogP contribution in [0.2, 0.25) is 5.02 Å². The van der Waals surface area contributed by atoms with E-state index in [9.17, 15) is 4.79 Å². The quantitative estimate of drug-likeness (QED) is 0.426. The van der Waals surface area contributed by atoms with Gasteiger partial charge in [-0.1, -0.05) is 35.4 Å². The molecule has 162 valence electrons. The molecule has 2 N–H and O–H groups in total. The third-order valence-corrected chi connectivity index (χ3v) is 5.43. The Labute approximate surface area is 188 Å². The fraction of sp³-hybridized carbons (Fsp3) is 0.292. The molecule has 1 aromatic heterocycles. The van der Waals surface area contributed by atoms with Crippen LogP contribution in [-0.4, -0.2) is 21.6 Å². The van der Waals surface area contributed by atoms with Crippen molar-refractivity contribution in [2.75, 3.05) is 5.32 Å². The van der Waals surface area contributed by atoms with E-state index in [0.717, 1.165) is 40.3 Å². The molecule has 3 aromatic rings. The number of carbonyl (C=O) groups excluding carboxylic acids is 1. The maximum Gasteiger partial charge on any atom is 0.257 e. The summed E-state index contributed by atoms with van der Waals surface area (Å²) in [5.41, 5.74) is 6.43. The first kappa shape index (κ1) is 22.6. The zero-order valence-corrected chi connectivity index (χ0v) is 19.3. The first-order chi connectivity index (χ1) is 14.8. The molecule has 31 heavy (non-hydrogen) atoms. The van der Waals surface area contributed by atoms with Crippen molar-refractivity contribution in [3.8, 4) is 0 Å². The van der Waals surface area contributed by atoms with Gasteiger partial charge < -0.3 is 5.32 Å². The number of aromatic nitrogens is 2. The van der Waals surface area contributed by atoms with Crippen LogP contribution in [0.15, 0.2) is 47.5 Å². The predicted octanol–water partition coefficient (Wildman–Crippen LogP) is 5.19. The molecule has 2 aromatic carbocycles. The normalized spacial score (nSPS) is 11.5. The van der Waals surface area contributed by atoms with Crippen LogP contribution in [0.3, 0.4) is 0 Å². The lowest BCUT2D eigenvalue weighted by atomic mass is 10.1. The summed E-state index contributed by atoms with van der Waals surface area (Å²) >= 11 is 6.17. The second kappa shape index (κ2) is 9.79. The molecule has 0 saturated heterocycles. The molecule has 0 saturated carbocycles. The van der Waals surface area contributed by atoms with E-state index < -0.39 is 0 Å². The topological polar surface area (TPSA) is 71.3 Å². The summed E-state index contributed by atoms with van der Waals surface area (Å²) in [6.45, 7) is 11.2. The lowest BCUT2D eigenvalue weighted by Gasteiger charge is -2.14. The van der Waals surface area contributed by atoms with E-state index in [1.165, 1.54) is 0 Å². The van der Waals surface area contributed by atoms with Crippen molar-refractivity contribution < 1.29 is 4.79 Å². The molecule has 0 aliphatic rings. The lowest BCUT2D eigenvalue weighted by molar-refractivity contribution is 0.0977. The van der Waals surface area contributed by atoms with Crippen LogP contribution in [0.5, 0.6) is 0 Å². The molecule has 6 nitrogen and oxygen atoms in total. The molecule has 3 rings (SSSR count). The first-order valence-electron chi connectivity index (χ1n) is 10.3. The van der Waals surface area contributed by atoms with Gasteiger partial charge in [-0.2, -0.15) is 5.10 Å². The van der Waals surface area contributed by atoms with Crippen molar-refractivity contribution in [2.45, 2.75) is 47.7 Å². The number of carbonyl (C=O) groups is 1. The summed E-state index contributed by atoms with van der Waals surface area (Å²) in [5, 5.41) is 11.3. The summed E-state index contributed by atoms with van der Waals surface area (Å²) in [7, 11) is 0. The van der Waals surface area contributed by atoms with E-state index in [1.54, 1.807) is 6.07 Å². The van der Waals surface area contributed by atoms with Crippen LogP contribution < -0.4 is 10.6 Å². The van der Waals surface area contributed by atoms with E-state index >= 15 is 0 Å². The number of aliphatic imine (C=N–C) groups is 1. The van der Waals surface area contributed by atoms with Gasteiger partial charge in [0.25, 0.3) is 5.91 Å². The molecule has 0 bridgehead atoms. The third kappa shape index (κ3) is 5.52. The number of halogens is 1. The summed E-state index contributed by atoms with van der Waals surface area (Å²) in [6, 6.07) is 13.0. The zero-order valence-electron chi connectivity index (χ0n) is 18.6. The van der Waals surface area contributed by atoms with Crippen LogP contribution in [0.1, 0.15) is 45.4 Å². The minimum absolute atomic E-state index is 0.229. The standard InChI is InChI=1S/C24H28ClN5O/c1-6-30-18(5)21(17(4)29-30)14-26-24(27-22-13-20(25)11-10-16(22)3)28-23(31)19-9-7-8-15(2)12-19/h7-13H,6,14H2,1-5H3,(H2,26,27,28,31). The number of guanidine groups is 1. The fourth-order valence-electron chi connectivity index (χ4n) is 3.36. The summed E-state index contributed by atoms with van der Waals surface area (Å²) < 4.78 is 1.96. The highest BCUT2D eigenvalue weighted by molar-refractivity contribution is 6.31. The molecule has 7 heteroatoms. The highest BCUT2D eigenvalue weighted by atomic mass is 35.5. The van der Waals surface area contributed by atoms with Gasteiger partial charge in [-0.3, -0.25) is 14.8 Å². The van der Waals surface area contributed by atoms with E-state index in [-0.39, 0.29) is 5.91 Å². The molecule has 1 heterocycles. The number of hydrogen-bond donors (Lipinski definition) is 2. The smallest absolute Gasteiger partial charge is 0.257 e. The molecule has 0 aliphatic carbocycles. The maximum atomic E-state index is 12.9.